The van der Waals surface area contributed by atoms with Gasteiger partial charge in [0, 0.05) is 18.5 Å². The second-order valence-electron chi connectivity index (χ2n) is 9.24. The molecule has 2 aliphatic heterocycles. The average molecular weight is 420 g/mol. The SMILES string of the molecule is CCCC(C)(C)C[C@H]1C(C(=O)O)[C@@H](c2cc(OC)c3c(c2)OCO3)CN1CC(C)=O. The Labute approximate surface area is 178 Å². The molecule has 0 saturated carbocycles. The first kappa shape index (κ1) is 22.4. The van der Waals surface area contributed by atoms with E-state index in [4.69, 9.17) is 14.2 Å². The number of hydrogen-bond donors (Lipinski definition) is 1. The Morgan fingerprint density at radius 1 is 1.30 bits per heavy atom. The topological polar surface area (TPSA) is 85.3 Å². The van der Waals surface area contributed by atoms with E-state index >= 15 is 0 Å². The first-order valence-electron chi connectivity index (χ1n) is 10.6. The fourth-order valence-electron chi connectivity index (χ4n) is 5.08. The van der Waals surface area contributed by atoms with Crippen molar-refractivity contribution in [1.82, 2.24) is 4.90 Å². The van der Waals surface area contributed by atoms with Gasteiger partial charge in [0.15, 0.2) is 11.5 Å². The molecule has 1 unspecified atom stereocenters. The third kappa shape index (κ3) is 4.56. The van der Waals surface area contributed by atoms with E-state index in [0.717, 1.165) is 24.8 Å². The van der Waals surface area contributed by atoms with E-state index in [1.807, 2.05) is 12.1 Å². The van der Waals surface area contributed by atoms with Crippen LogP contribution in [0.4, 0.5) is 0 Å². The molecule has 0 aliphatic carbocycles. The van der Waals surface area contributed by atoms with E-state index in [9.17, 15) is 14.7 Å². The highest BCUT2D eigenvalue weighted by molar-refractivity contribution is 5.78. The van der Waals surface area contributed by atoms with Gasteiger partial charge in [0.1, 0.15) is 5.78 Å². The lowest BCUT2D eigenvalue weighted by Gasteiger charge is -2.34. The van der Waals surface area contributed by atoms with Gasteiger partial charge in [-0.3, -0.25) is 14.5 Å². The van der Waals surface area contributed by atoms with E-state index in [1.54, 1.807) is 14.0 Å². The summed E-state index contributed by atoms with van der Waals surface area (Å²) in [7, 11) is 1.56. The van der Waals surface area contributed by atoms with Gasteiger partial charge in [0.25, 0.3) is 0 Å². The zero-order valence-electron chi connectivity index (χ0n) is 18.6. The van der Waals surface area contributed by atoms with Crippen molar-refractivity contribution in [3.8, 4) is 17.2 Å². The Morgan fingerprint density at radius 2 is 2.03 bits per heavy atom. The van der Waals surface area contributed by atoms with E-state index in [-0.39, 0.29) is 36.5 Å². The fraction of sp³-hybridized carbons (Fsp3) is 0.652. The Balaban J connectivity index is 2.00. The van der Waals surface area contributed by atoms with Crippen LogP contribution in [0.1, 0.15) is 58.4 Å². The molecule has 1 fully saturated rings. The molecule has 0 aromatic heterocycles. The number of likely N-dealkylation sites (tertiary alicyclic amines) is 1. The van der Waals surface area contributed by atoms with Crippen molar-refractivity contribution in [2.75, 3.05) is 27.0 Å². The number of carbonyl (C=O) groups excluding carboxylic acids is 1. The van der Waals surface area contributed by atoms with E-state index in [0.29, 0.717) is 23.8 Å². The lowest BCUT2D eigenvalue weighted by Crippen LogP contribution is -2.41. The molecule has 3 rings (SSSR count). The summed E-state index contributed by atoms with van der Waals surface area (Å²) in [6.45, 7) is 8.94. The summed E-state index contributed by atoms with van der Waals surface area (Å²) >= 11 is 0. The molecule has 0 amide bonds. The van der Waals surface area contributed by atoms with Crippen LogP contribution in [0.3, 0.4) is 0 Å². The number of Topliss-reactive ketones (excluding diaryl/α,β-unsaturated/α-hetero) is 1. The number of carbonyl (C=O) groups is 2. The fourth-order valence-corrected chi connectivity index (χ4v) is 5.08. The molecule has 1 N–H and O–H groups in total. The molecule has 1 aromatic rings. The molecule has 0 bridgehead atoms. The van der Waals surface area contributed by atoms with Gasteiger partial charge >= 0.3 is 5.97 Å². The van der Waals surface area contributed by atoms with Crippen LogP contribution in [0.2, 0.25) is 0 Å². The standard InChI is InChI=1S/C23H33NO6/c1-6-7-23(3,4)10-17-20(22(26)27)16(12-24(17)11-14(2)25)15-8-18(28-5)21-19(9-15)29-13-30-21/h8-9,16-17,20H,6-7,10-13H2,1-5H3,(H,26,27)/t16-,17+,20?/m1/s1. The molecular formula is C23H33NO6. The minimum atomic E-state index is -0.833. The highest BCUT2D eigenvalue weighted by Gasteiger charge is 2.48. The highest BCUT2D eigenvalue weighted by atomic mass is 16.7. The quantitative estimate of drug-likeness (QED) is 0.653. The number of fused-ring (bicyclic) bond motifs is 1. The molecule has 30 heavy (non-hydrogen) atoms. The molecule has 7 nitrogen and oxygen atoms in total. The summed E-state index contributed by atoms with van der Waals surface area (Å²) in [6, 6.07) is 3.49. The monoisotopic (exact) mass is 419 g/mol. The summed E-state index contributed by atoms with van der Waals surface area (Å²) in [5.74, 6) is -0.0229. The van der Waals surface area contributed by atoms with E-state index < -0.39 is 11.9 Å². The van der Waals surface area contributed by atoms with Gasteiger partial charge in [0.05, 0.1) is 19.6 Å². The van der Waals surface area contributed by atoms with Crippen molar-refractivity contribution in [3.63, 3.8) is 0 Å². The Hall–Kier alpha value is -2.28. The number of rotatable bonds is 9. The lowest BCUT2D eigenvalue weighted by molar-refractivity contribution is -0.143. The lowest BCUT2D eigenvalue weighted by atomic mass is 9.76. The number of benzene rings is 1. The average Bonchev–Trinajstić information content (AvgIpc) is 3.25. The maximum absolute atomic E-state index is 12.5. The number of carboxylic acids is 1. The maximum Gasteiger partial charge on any atom is 0.308 e. The van der Waals surface area contributed by atoms with Crippen LogP contribution in [-0.4, -0.2) is 54.8 Å². The molecule has 2 heterocycles. The van der Waals surface area contributed by atoms with Gasteiger partial charge in [-0.05, 0) is 42.9 Å². The number of carboxylic acid groups (broad SMARTS) is 1. The minimum absolute atomic E-state index is 0.0103. The van der Waals surface area contributed by atoms with Gasteiger partial charge in [0.2, 0.25) is 12.5 Å². The predicted molar refractivity (Wildman–Crippen MR) is 112 cm³/mol. The number of aliphatic carboxylic acids is 1. The largest absolute Gasteiger partial charge is 0.493 e. The molecule has 0 radical (unpaired) electrons. The number of hydrogen-bond acceptors (Lipinski definition) is 6. The van der Waals surface area contributed by atoms with Crippen LogP contribution in [0.5, 0.6) is 17.2 Å². The summed E-state index contributed by atoms with van der Waals surface area (Å²) in [6.07, 6.45) is 2.77. The highest BCUT2D eigenvalue weighted by Crippen LogP contribution is 2.48. The van der Waals surface area contributed by atoms with Crippen LogP contribution >= 0.6 is 0 Å². The van der Waals surface area contributed by atoms with Crippen molar-refractivity contribution < 1.29 is 28.9 Å². The first-order chi connectivity index (χ1) is 14.2. The zero-order chi connectivity index (χ0) is 22.1. The van der Waals surface area contributed by atoms with Crippen LogP contribution in [0.15, 0.2) is 12.1 Å². The van der Waals surface area contributed by atoms with Crippen LogP contribution < -0.4 is 14.2 Å². The Morgan fingerprint density at radius 3 is 2.63 bits per heavy atom. The van der Waals surface area contributed by atoms with Crippen molar-refractivity contribution in [2.24, 2.45) is 11.3 Å². The molecule has 1 saturated heterocycles. The summed E-state index contributed by atoms with van der Waals surface area (Å²) in [5.41, 5.74) is 0.830. The molecule has 1 aromatic carbocycles. The van der Waals surface area contributed by atoms with Gasteiger partial charge in [-0.2, -0.15) is 0 Å². The van der Waals surface area contributed by atoms with Crippen LogP contribution in [-0.2, 0) is 9.59 Å². The Bertz CT molecular complexity index is 805. The smallest absolute Gasteiger partial charge is 0.308 e. The van der Waals surface area contributed by atoms with Gasteiger partial charge in [-0.15, -0.1) is 0 Å². The van der Waals surface area contributed by atoms with Crippen molar-refractivity contribution in [3.05, 3.63) is 17.7 Å². The van der Waals surface area contributed by atoms with Gasteiger partial charge < -0.3 is 19.3 Å². The van der Waals surface area contributed by atoms with Crippen molar-refractivity contribution in [1.29, 1.82) is 0 Å². The predicted octanol–water partition coefficient (Wildman–Crippen LogP) is 3.70. The number of nitrogens with zero attached hydrogens (tertiary/aromatic N) is 1. The Kier molecular flexibility index (Phi) is 6.60. The van der Waals surface area contributed by atoms with Crippen molar-refractivity contribution in [2.45, 2.75) is 58.9 Å². The normalized spacial score (nSPS) is 23.6. The molecule has 2 aliphatic rings. The number of ether oxygens (including phenoxy) is 3. The minimum Gasteiger partial charge on any atom is -0.493 e. The summed E-state index contributed by atoms with van der Waals surface area (Å²) in [4.78, 5) is 26.5. The van der Waals surface area contributed by atoms with E-state index in [2.05, 4.69) is 25.7 Å². The summed E-state index contributed by atoms with van der Waals surface area (Å²) < 4.78 is 16.5. The number of methoxy groups -OCH3 is 1. The first-order valence-corrected chi connectivity index (χ1v) is 10.6. The third-order valence-corrected chi connectivity index (χ3v) is 6.26. The second-order valence-corrected chi connectivity index (χ2v) is 9.24. The van der Waals surface area contributed by atoms with Crippen molar-refractivity contribution >= 4 is 11.8 Å². The van der Waals surface area contributed by atoms with Gasteiger partial charge in [-0.25, -0.2) is 0 Å². The molecule has 3 atom stereocenters. The third-order valence-electron chi connectivity index (χ3n) is 6.26. The van der Waals surface area contributed by atoms with Gasteiger partial charge in [-0.1, -0.05) is 27.2 Å². The molecule has 166 valence electrons. The molecule has 7 heteroatoms. The maximum atomic E-state index is 12.5. The van der Waals surface area contributed by atoms with Crippen LogP contribution in [0, 0.1) is 11.3 Å². The summed E-state index contributed by atoms with van der Waals surface area (Å²) in [5, 5.41) is 10.2. The zero-order valence-corrected chi connectivity index (χ0v) is 18.6. The second kappa shape index (κ2) is 8.84. The molecule has 0 spiro atoms. The van der Waals surface area contributed by atoms with E-state index in [1.165, 1.54) is 0 Å². The molecular weight excluding hydrogens is 386 g/mol. The van der Waals surface area contributed by atoms with Crippen LogP contribution in [0.25, 0.3) is 0 Å². The number of ketones is 1.